The SMILES string of the molecule is O=C(C#CCCOC1CCCCO1)Nc1ccc(Br)cc1. The van der Waals surface area contributed by atoms with E-state index in [-0.39, 0.29) is 12.2 Å². The normalized spacial score (nSPS) is 17.7. The first-order valence-corrected chi connectivity index (χ1v) is 7.82. The number of ether oxygens (including phenoxy) is 2. The quantitative estimate of drug-likeness (QED) is 0.668. The lowest BCUT2D eigenvalue weighted by Gasteiger charge is -2.22. The molecule has 1 aromatic carbocycles. The van der Waals surface area contributed by atoms with E-state index < -0.39 is 0 Å². The number of benzene rings is 1. The molecule has 1 amide bonds. The number of nitrogens with one attached hydrogen (secondary N) is 1. The minimum atomic E-state index is -0.314. The highest BCUT2D eigenvalue weighted by Crippen LogP contribution is 2.14. The highest BCUT2D eigenvalue weighted by molar-refractivity contribution is 9.10. The molecule has 0 saturated carbocycles. The van der Waals surface area contributed by atoms with Crippen molar-refractivity contribution >= 4 is 27.5 Å². The van der Waals surface area contributed by atoms with Crippen molar-refractivity contribution in [2.75, 3.05) is 18.5 Å². The number of halogens is 1. The third kappa shape index (κ3) is 6.30. The molecule has 1 aromatic rings. The molecule has 1 atom stereocenters. The van der Waals surface area contributed by atoms with Crippen LogP contribution in [0.15, 0.2) is 28.7 Å². The Morgan fingerprint density at radius 1 is 1.38 bits per heavy atom. The number of hydrogen-bond donors (Lipinski definition) is 1. The van der Waals surface area contributed by atoms with Gasteiger partial charge in [0.1, 0.15) is 0 Å². The molecule has 1 N–H and O–H groups in total. The predicted octanol–water partition coefficient (Wildman–Crippen LogP) is 3.32. The van der Waals surface area contributed by atoms with Crippen LogP contribution in [0, 0.1) is 11.8 Å². The molecule has 0 spiro atoms. The molecule has 1 aliphatic heterocycles. The third-order valence-electron chi connectivity index (χ3n) is 2.97. The van der Waals surface area contributed by atoms with E-state index in [2.05, 4.69) is 33.1 Å². The van der Waals surface area contributed by atoms with Gasteiger partial charge in [-0.15, -0.1) is 0 Å². The Hall–Kier alpha value is -1.35. The van der Waals surface area contributed by atoms with Gasteiger partial charge in [0, 0.05) is 23.2 Å². The van der Waals surface area contributed by atoms with Crippen molar-refractivity contribution in [1.29, 1.82) is 0 Å². The Morgan fingerprint density at radius 2 is 2.19 bits per heavy atom. The summed E-state index contributed by atoms with van der Waals surface area (Å²) in [6.07, 6.45) is 3.62. The number of rotatable bonds is 4. The van der Waals surface area contributed by atoms with E-state index in [9.17, 15) is 4.79 Å². The average Bonchev–Trinajstić information content (AvgIpc) is 2.50. The van der Waals surface area contributed by atoms with Crippen LogP contribution in [-0.4, -0.2) is 25.4 Å². The molecule has 1 saturated heterocycles. The van der Waals surface area contributed by atoms with Gasteiger partial charge in [0.15, 0.2) is 6.29 Å². The maximum Gasteiger partial charge on any atom is 0.300 e. The van der Waals surface area contributed by atoms with Gasteiger partial charge < -0.3 is 14.8 Å². The van der Waals surface area contributed by atoms with E-state index in [4.69, 9.17) is 9.47 Å². The van der Waals surface area contributed by atoms with Gasteiger partial charge in [0.2, 0.25) is 0 Å². The lowest BCUT2D eigenvalue weighted by atomic mass is 10.2. The minimum Gasteiger partial charge on any atom is -0.353 e. The zero-order valence-corrected chi connectivity index (χ0v) is 13.3. The van der Waals surface area contributed by atoms with Gasteiger partial charge in [0.05, 0.1) is 6.61 Å². The number of amides is 1. The summed E-state index contributed by atoms with van der Waals surface area (Å²) in [6, 6.07) is 7.35. The lowest BCUT2D eigenvalue weighted by molar-refractivity contribution is -0.161. The second kappa shape index (κ2) is 8.83. The van der Waals surface area contributed by atoms with Crippen molar-refractivity contribution < 1.29 is 14.3 Å². The number of carbonyl (C=O) groups is 1. The second-order valence-corrected chi connectivity index (χ2v) is 5.60. The molecule has 5 heteroatoms. The van der Waals surface area contributed by atoms with Crippen molar-refractivity contribution in [3.63, 3.8) is 0 Å². The van der Waals surface area contributed by atoms with Crippen LogP contribution in [0.5, 0.6) is 0 Å². The van der Waals surface area contributed by atoms with Crippen LogP contribution < -0.4 is 5.32 Å². The van der Waals surface area contributed by atoms with Crippen molar-refractivity contribution in [3.05, 3.63) is 28.7 Å². The molecule has 0 bridgehead atoms. The molecule has 1 heterocycles. The standard InChI is InChI=1S/C16H18BrNO3/c17-13-7-9-14(10-8-13)18-15(19)5-1-3-11-20-16-6-2-4-12-21-16/h7-10,16H,2-4,6,11-12H2,(H,18,19). The van der Waals surface area contributed by atoms with Crippen molar-refractivity contribution in [3.8, 4) is 11.8 Å². The fourth-order valence-electron chi connectivity index (χ4n) is 1.92. The monoisotopic (exact) mass is 351 g/mol. The van der Waals surface area contributed by atoms with E-state index in [1.54, 1.807) is 0 Å². The fraction of sp³-hybridized carbons (Fsp3) is 0.438. The molecule has 21 heavy (non-hydrogen) atoms. The highest BCUT2D eigenvalue weighted by atomic mass is 79.9. The number of anilines is 1. The summed E-state index contributed by atoms with van der Waals surface area (Å²) in [5, 5.41) is 2.71. The molecule has 0 aromatic heterocycles. The maximum atomic E-state index is 11.6. The Labute approximate surface area is 133 Å². The number of hydrogen-bond acceptors (Lipinski definition) is 3. The Kier molecular flexibility index (Phi) is 6.74. The van der Waals surface area contributed by atoms with Gasteiger partial charge in [-0.05, 0) is 49.4 Å². The number of carbonyl (C=O) groups excluding carboxylic acids is 1. The van der Waals surface area contributed by atoms with Crippen LogP contribution in [-0.2, 0) is 14.3 Å². The molecule has 1 aliphatic rings. The van der Waals surface area contributed by atoms with Crippen LogP contribution in [0.1, 0.15) is 25.7 Å². The molecule has 4 nitrogen and oxygen atoms in total. The van der Waals surface area contributed by atoms with Crippen molar-refractivity contribution in [2.24, 2.45) is 0 Å². The van der Waals surface area contributed by atoms with E-state index in [0.29, 0.717) is 13.0 Å². The van der Waals surface area contributed by atoms with Crippen molar-refractivity contribution in [1.82, 2.24) is 0 Å². The van der Waals surface area contributed by atoms with Crippen LogP contribution in [0.3, 0.4) is 0 Å². The van der Waals surface area contributed by atoms with E-state index in [0.717, 1.165) is 36.0 Å². The van der Waals surface area contributed by atoms with Crippen molar-refractivity contribution in [2.45, 2.75) is 32.0 Å². The third-order valence-corrected chi connectivity index (χ3v) is 3.50. The first-order chi connectivity index (χ1) is 10.2. The summed E-state index contributed by atoms with van der Waals surface area (Å²) >= 11 is 3.34. The van der Waals surface area contributed by atoms with Gasteiger partial charge in [-0.25, -0.2) is 0 Å². The van der Waals surface area contributed by atoms with Gasteiger partial charge in [0.25, 0.3) is 5.91 Å². The van der Waals surface area contributed by atoms with Crippen LogP contribution in [0.2, 0.25) is 0 Å². The molecule has 1 fully saturated rings. The molecular formula is C16H18BrNO3. The largest absolute Gasteiger partial charge is 0.353 e. The zero-order valence-electron chi connectivity index (χ0n) is 11.7. The minimum absolute atomic E-state index is 0.0999. The highest BCUT2D eigenvalue weighted by Gasteiger charge is 2.12. The van der Waals surface area contributed by atoms with Gasteiger partial charge >= 0.3 is 0 Å². The van der Waals surface area contributed by atoms with E-state index in [1.165, 1.54) is 0 Å². The molecule has 112 valence electrons. The summed E-state index contributed by atoms with van der Waals surface area (Å²) in [6.45, 7) is 1.26. The van der Waals surface area contributed by atoms with Gasteiger partial charge in [-0.1, -0.05) is 21.9 Å². The summed E-state index contributed by atoms with van der Waals surface area (Å²) in [7, 11) is 0. The Bertz CT molecular complexity index is 513. The maximum absolute atomic E-state index is 11.6. The molecule has 1 unspecified atom stereocenters. The van der Waals surface area contributed by atoms with Gasteiger partial charge in [-0.3, -0.25) is 4.79 Å². The van der Waals surface area contributed by atoms with E-state index >= 15 is 0 Å². The predicted molar refractivity (Wildman–Crippen MR) is 84.7 cm³/mol. The summed E-state index contributed by atoms with van der Waals surface area (Å²) in [5.41, 5.74) is 0.726. The average molecular weight is 352 g/mol. The van der Waals surface area contributed by atoms with Gasteiger partial charge in [-0.2, -0.15) is 0 Å². The smallest absolute Gasteiger partial charge is 0.300 e. The van der Waals surface area contributed by atoms with Crippen LogP contribution in [0.4, 0.5) is 5.69 Å². The zero-order chi connectivity index (χ0) is 14.9. The lowest BCUT2D eigenvalue weighted by Crippen LogP contribution is -2.22. The molecule has 0 radical (unpaired) electrons. The topological polar surface area (TPSA) is 47.6 Å². The summed E-state index contributed by atoms with van der Waals surface area (Å²) < 4.78 is 11.9. The summed E-state index contributed by atoms with van der Waals surface area (Å²) in [4.78, 5) is 11.6. The summed E-state index contributed by atoms with van der Waals surface area (Å²) in [5.74, 6) is 5.04. The van der Waals surface area contributed by atoms with Crippen LogP contribution in [0.25, 0.3) is 0 Å². The molecule has 0 aliphatic carbocycles. The first-order valence-electron chi connectivity index (χ1n) is 7.03. The Balaban J connectivity index is 1.65. The molecular weight excluding hydrogens is 334 g/mol. The Morgan fingerprint density at radius 3 is 2.90 bits per heavy atom. The first kappa shape index (κ1) is 16.0. The molecule has 2 rings (SSSR count). The van der Waals surface area contributed by atoms with E-state index in [1.807, 2.05) is 24.3 Å². The van der Waals surface area contributed by atoms with Crippen LogP contribution >= 0.6 is 15.9 Å². The second-order valence-electron chi connectivity index (χ2n) is 4.68. The fourth-order valence-corrected chi connectivity index (χ4v) is 2.19.